The second-order valence-corrected chi connectivity index (χ2v) is 6.39. The Hall–Kier alpha value is -2.26. The summed E-state index contributed by atoms with van der Waals surface area (Å²) < 4.78 is 0. The number of nitrogens with one attached hydrogen (secondary N) is 2. The van der Waals surface area contributed by atoms with Crippen LogP contribution in [0, 0.1) is 13.8 Å². The minimum absolute atomic E-state index is 0.726. The van der Waals surface area contributed by atoms with E-state index in [4.69, 9.17) is 16.6 Å². The number of aromatic nitrogens is 1. The summed E-state index contributed by atoms with van der Waals surface area (Å²) in [6, 6.07) is 14.5. The molecule has 124 valence electrons. The number of fused-ring (bicyclic) bond motifs is 1. The molecule has 3 nitrogen and oxygen atoms in total. The fourth-order valence-corrected chi connectivity index (χ4v) is 3.00. The Bertz CT molecular complexity index is 874. The molecular weight excluding hydrogens is 318 g/mol. The lowest BCUT2D eigenvalue weighted by Crippen LogP contribution is -2.03. The molecule has 0 saturated heterocycles. The van der Waals surface area contributed by atoms with Gasteiger partial charge < -0.3 is 10.6 Å². The maximum atomic E-state index is 6.23. The van der Waals surface area contributed by atoms with Crippen molar-refractivity contribution in [3.63, 3.8) is 0 Å². The molecule has 3 aromatic rings. The van der Waals surface area contributed by atoms with Gasteiger partial charge >= 0.3 is 0 Å². The van der Waals surface area contributed by atoms with Gasteiger partial charge in [0.2, 0.25) is 0 Å². The standard InChI is InChI=1S/C20H22ClN3/c1-4-22-18-7-5-6-16-19(10-14(3)24-20(16)18)23-12-15-9-8-13(2)17(21)11-15/h5-11,22H,4,12H2,1-3H3,(H,23,24). The van der Waals surface area contributed by atoms with E-state index >= 15 is 0 Å². The van der Waals surface area contributed by atoms with Gasteiger partial charge in [0.15, 0.2) is 0 Å². The molecule has 3 rings (SSSR count). The van der Waals surface area contributed by atoms with Crippen molar-refractivity contribution in [2.45, 2.75) is 27.3 Å². The summed E-state index contributed by atoms with van der Waals surface area (Å²) in [6.45, 7) is 7.73. The van der Waals surface area contributed by atoms with Crippen molar-refractivity contribution >= 4 is 33.9 Å². The van der Waals surface area contributed by atoms with E-state index in [-0.39, 0.29) is 0 Å². The number of benzene rings is 2. The van der Waals surface area contributed by atoms with Crippen molar-refractivity contribution in [3.05, 3.63) is 64.3 Å². The van der Waals surface area contributed by atoms with Crippen molar-refractivity contribution in [1.29, 1.82) is 0 Å². The van der Waals surface area contributed by atoms with Crippen molar-refractivity contribution in [3.8, 4) is 0 Å². The van der Waals surface area contributed by atoms with Crippen LogP contribution < -0.4 is 10.6 Å². The maximum absolute atomic E-state index is 6.23. The summed E-state index contributed by atoms with van der Waals surface area (Å²) in [5, 5.41) is 8.85. The fourth-order valence-electron chi connectivity index (χ4n) is 2.80. The van der Waals surface area contributed by atoms with Gasteiger partial charge in [-0.05, 0) is 50.1 Å². The molecule has 0 atom stereocenters. The minimum Gasteiger partial charge on any atom is -0.384 e. The number of anilines is 2. The molecule has 4 heteroatoms. The SMILES string of the molecule is CCNc1cccc2c(NCc3ccc(C)c(Cl)c3)cc(C)nc12. The van der Waals surface area contributed by atoms with Crippen LogP contribution in [0.3, 0.4) is 0 Å². The number of aryl methyl sites for hydroxylation is 2. The first-order valence-corrected chi connectivity index (χ1v) is 8.59. The van der Waals surface area contributed by atoms with Crippen LogP contribution in [0.2, 0.25) is 5.02 Å². The predicted molar refractivity (Wildman–Crippen MR) is 104 cm³/mol. The number of nitrogens with zero attached hydrogens (tertiary/aromatic N) is 1. The van der Waals surface area contributed by atoms with E-state index in [0.717, 1.165) is 57.2 Å². The van der Waals surface area contributed by atoms with Crippen LogP contribution in [0.25, 0.3) is 10.9 Å². The maximum Gasteiger partial charge on any atom is 0.0957 e. The topological polar surface area (TPSA) is 37.0 Å². The quantitative estimate of drug-likeness (QED) is 0.640. The summed E-state index contributed by atoms with van der Waals surface area (Å²) in [5.41, 5.74) is 6.42. The lowest BCUT2D eigenvalue weighted by molar-refractivity contribution is 1.14. The Morgan fingerprint density at radius 1 is 1.00 bits per heavy atom. The first kappa shape index (κ1) is 16.6. The van der Waals surface area contributed by atoms with Gasteiger partial charge in [0.05, 0.1) is 11.2 Å². The molecule has 0 radical (unpaired) electrons. The molecule has 2 N–H and O–H groups in total. The van der Waals surface area contributed by atoms with Gasteiger partial charge in [-0.25, -0.2) is 0 Å². The second-order valence-electron chi connectivity index (χ2n) is 5.98. The first-order valence-electron chi connectivity index (χ1n) is 8.21. The Kier molecular flexibility index (Phi) is 4.91. The molecule has 0 amide bonds. The van der Waals surface area contributed by atoms with Gasteiger partial charge in [-0.3, -0.25) is 4.98 Å². The highest BCUT2D eigenvalue weighted by molar-refractivity contribution is 6.31. The number of pyridine rings is 1. The van der Waals surface area contributed by atoms with Gasteiger partial charge in [0, 0.05) is 34.9 Å². The molecule has 0 saturated carbocycles. The molecule has 1 aromatic heterocycles. The summed E-state index contributed by atoms with van der Waals surface area (Å²) in [7, 11) is 0. The molecule has 0 aliphatic rings. The molecule has 1 heterocycles. The fraction of sp³-hybridized carbons (Fsp3) is 0.250. The third kappa shape index (κ3) is 3.46. The number of halogens is 1. The summed E-state index contributed by atoms with van der Waals surface area (Å²) in [5.74, 6) is 0. The van der Waals surface area contributed by atoms with E-state index in [1.165, 1.54) is 0 Å². The van der Waals surface area contributed by atoms with Gasteiger partial charge in [-0.15, -0.1) is 0 Å². The van der Waals surface area contributed by atoms with Gasteiger partial charge in [0.1, 0.15) is 0 Å². The molecular formula is C20H22ClN3. The van der Waals surface area contributed by atoms with E-state index in [1.807, 2.05) is 19.9 Å². The normalized spacial score (nSPS) is 10.8. The first-order chi connectivity index (χ1) is 11.6. The molecule has 2 aromatic carbocycles. The Balaban J connectivity index is 1.94. The largest absolute Gasteiger partial charge is 0.384 e. The van der Waals surface area contributed by atoms with Crippen LogP contribution in [0.1, 0.15) is 23.7 Å². The van der Waals surface area contributed by atoms with E-state index in [9.17, 15) is 0 Å². The highest BCUT2D eigenvalue weighted by atomic mass is 35.5. The summed E-state index contributed by atoms with van der Waals surface area (Å²) in [6.07, 6.45) is 0. The third-order valence-corrected chi connectivity index (χ3v) is 4.46. The van der Waals surface area contributed by atoms with Crippen LogP contribution in [-0.2, 0) is 6.54 Å². The van der Waals surface area contributed by atoms with Gasteiger partial charge in [-0.2, -0.15) is 0 Å². The molecule has 24 heavy (non-hydrogen) atoms. The van der Waals surface area contributed by atoms with Crippen LogP contribution in [0.15, 0.2) is 42.5 Å². The summed E-state index contributed by atoms with van der Waals surface area (Å²) >= 11 is 6.23. The monoisotopic (exact) mass is 339 g/mol. The van der Waals surface area contributed by atoms with E-state index in [2.05, 4.69) is 54.0 Å². The molecule has 0 unspecified atom stereocenters. The summed E-state index contributed by atoms with van der Waals surface area (Å²) in [4.78, 5) is 4.71. The van der Waals surface area contributed by atoms with Crippen LogP contribution in [0.5, 0.6) is 0 Å². The number of rotatable bonds is 5. The van der Waals surface area contributed by atoms with Crippen molar-refractivity contribution in [2.75, 3.05) is 17.2 Å². The lowest BCUT2D eigenvalue weighted by atomic mass is 10.1. The lowest BCUT2D eigenvalue weighted by Gasteiger charge is -2.14. The predicted octanol–water partition coefficient (Wildman–Crippen LogP) is 5.55. The Morgan fingerprint density at radius 3 is 2.58 bits per heavy atom. The zero-order chi connectivity index (χ0) is 17.1. The third-order valence-electron chi connectivity index (χ3n) is 4.05. The highest BCUT2D eigenvalue weighted by Gasteiger charge is 2.08. The zero-order valence-electron chi connectivity index (χ0n) is 14.3. The average molecular weight is 340 g/mol. The smallest absolute Gasteiger partial charge is 0.0957 e. The molecule has 0 aliphatic carbocycles. The molecule has 0 bridgehead atoms. The van der Waals surface area contributed by atoms with Crippen LogP contribution >= 0.6 is 11.6 Å². The van der Waals surface area contributed by atoms with Gasteiger partial charge in [-0.1, -0.05) is 35.9 Å². The van der Waals surface area contributed by atoms with E-state index < -0.39 is 0 Å². The zero-order valence-corrected chi connectivity index (χ0v) is 15.0. The average Bonchev–Trinajstić information content (AvgIpc) is 2.56. The van der Waals surface area contributed by atoms with Crippen molar-refractivity contribution in [2.24, 2.45) is 0 Å². The van der Waals surface area contributed by atoms with Crippen molar-refractivity contribution in [1.82, 2.24) is 4.98 Å². The van der Waals surface area contributed by atoms with E-state index in [0.29, 0.717) is 0 Å². The molecule has 0 spiro atoms. The minimum atomic E-state index is 0.726. The van der Waals surface area contributed by atoms with Crippen LogP contribution in [0.4, 0.5) is 11.4 Å². The number of hydrogen-bond donors (Lipinski definition) is 2. The van der Waals surface area contributed by atoms with Crippen molar-refractivity contribution < 1.29 is 0 Å². The number of para-hydroxylation sites is 1. The van der Waals surface area contributed by atoms with Gasteiger partial charge in [0.25, 0.3) is 0 Å². The molecule has 0 aliphatic heterocycles. The Labute approximate surface area is 148 Å². The Morgan fingerprint density at radius 2 is 1.83 bits per heavy atom. The number of hydrogen-bond acceptors (Lipinski definition) is 3. The molecule has 0 fully saturated rings. The second kappa shape index (κ2) is 7.10. The van der Waals surface area contributed by atoms with Crippen LogP contribution in [-0.4, -0.2) is 11.5 Å². The van der Waals surface area contributed by atoms with E-state index in [1.54, 1.807) is 0 Å². The highest BCUT2D eigenvalue weighted by Crippen LogP contribution is 2.29.